The number of esters is 1. The van der Waals surface area contributed by atoms with E-state index in [1.165, 1.54) is 12.1 Å². The highest BCUT2D eigenvalue weighted by atomic mass is 16.5. The van der Waals surface area contributed by atoms with Crippen LogP contribution in [0.3, 0.4) is 0 Å². The van der Waals surface area contributed by atoms with E-state index >= 15 is 0 Å². The van der Waals surface area contributed by atoms with Crippen LogP contribution in [0.25, 0.3) is 0 Å². The van der Waals surface area contributed by atoms with Crippen LogP contribution in [0, 0.1) is 6.92 Å². The van der Waals surface area contributed by atoms with Crippen molar-refractivity contribution in [2.24, 2.45) is 0 Å². The predicted molar refractivity (Wildman–Crippen MR) is 68.4 cm³/mol. The van der Waals surface area contributed by atoms with Crippen LogP contribution in [0.4, 0.5) is 0 Å². The van der Waals surface area contributed by atoms with Gasteiger partial charge in [-0.1, -0.05) is 42.0 Å². The van der Waals surface area contributed by atoms with Crippen LogP contribution in [0.2, 0.25) is 0 Å². The van der Waals surface area contributed by atoms with Gasteiger partial charge in [0.1, 0.15) is 17.9 Å². The maximum atomic E-state index is 11.7. The second kappa shape index (κ2) is 5.36. The first kappa shape index (κ1) is 12.2. The molecule has 0 aliphatic heterocycles. The molecule has 0 radical (unpaired) electrons. The fourth-order valence-electron chi connectivity index (χ4n) is 1.67. The van der Waals surface area contributed by atoms with Crippen molar-refractivity contribution < 1.29 is 14.6 Å². The van der Waals surface area contributed by atoms with Gasteiger partial charge in [-0.05, 0) is 24.6 Å². The van der Waals surface area contributed by atoms with Gasteiger partial charge in [-0.2, -0.15) is 0 Å². The summed E-state index contributed by atoms with van der Waals surface area (Å²) in [6, 6.07) is 14.1. The predicted octanol–water partition coefficient (Wildman–Crippen LogP) is 3.06. The van der Waals surface area contributed by atoms with Crippen molar-refractivity contribution in [3.05, 3.63) is 65.2 Å². The number of para-hydroxylation sites is 1. The highest BCUT2D eigenvalue weighted by molar-refractivity contribution is 5.92. The van der Waals surface area contributed by atoms with E-state index < -0.39 is 5.97 Å². The average molecular weight is 242 g/mol. The SMILES string of the molecule is Cc1cccc(COC(=O)c2ccccc2O)c1. The zero-order valence-corrected chi connectivity index (χ0v) is 10.1. The fraction of sp³-hybridized carbons (Fsp3) is 0.133. The molecule has 0 spiro atoms. The third kappa shape index (κ3) is 2.88. The zero-order valence-electron chi connectivity index (χ0n) is 10.1. The highest BCUT2D eigenvalue weighted by Crippen LogP contribution is 2.17. The summed E-state index contributed by atoms with van der Waals surface area (Å²) >= 11 is 0. The molecule has 0 fully saturated rings. The van der Waals surface area contributed by atoms with Gasteiger partial charge in [-0.3, -0.25) is 0 Å². The molecule has 0 atom stereocenters. The van der Waals surface area contributed by atoms with Gasteiger partial charge in [-0.25, -0.2) is 4.79 Å². The molecule has 18 heavy (non-hydrogen) atoms. The summed E-state index contributed by atoms with van der Waals surface area (Å²) in [5.74, 6) is -0.582. The number of aromatic hydroxyl groups is 1. The lowest BCUT2D eigenvalue weighted by Crippen LogP contribution is -2.05. The molecule has 3 heteroatoms. The molecule has 0 unspecified atom stereocenters. The Labute approximate surface area is 106 Å². The Bertz CT molecular complexity index is 561. The molecule has 0 saturated heterocycles. The number of hydrogen-bond acceptors (Lipinski definition) is 3. The Balaban J connectivity index is 2.03. The Morgan fingerprint density at radius 3 is 2.67 bits per heavy atom. The molecule has 0 aliphatic rings. The maximum absolute atomic E-state index is 11.7. The molecule has 0 aromatic heterocycles. The summed E-state index contributed by atoms with van der Waals surface area (Å²) < 4.78 is 5.15. The number of phenolic OH excluding ortho intramolecular Hbond substituents is 1. The van der Waals surface area contributed by atoms with Crippen molar-refractivity contribution in [2.45, 2.75) is 13.5 Å². The highest BCUT2D eigenvalue weighted by Gasteiger charge is 2.11. The average Bonchev–Trinajstić information content (AvgIpc) is 2.37. The van der Waals surface area contributed by atoms with Crippen molar-refractivity contribution in [3.8, 4) is 5.75 Å². The van der Waals surface area contributed by atoms with E-state index in [2.05, 4.69) is 0 Å². The van der Waals surface area contributed by atoms with Crippen molar-refractivity contribution >= 4 is 5.97 Å². The van der Waals surface area contributed by atoms with Crippen LogP contribution in [-0.2, 0) is 11.3 Å². The molecule has 0 heterocycles. The number of hydrogen-bond donors (Lipinski definition) is 1. The van der Waals surface area contributed by atoms with Crippen molar-refractivity contribution in [3.63, 3.8) is 0 Å². The van der Waals surface area contributed by atoms with Crippen LogP contribution in [-0.4, -0.2) is 11.1 Å². The number of benzene rings is 2. The molecule has 92 valence electrons. The smallest absolute Gasteiger partial charge is 0.342 e. The number of carbonyl (C=O) groups is 1. The van der Waals surface area contributed by atoms with Crippen LogP contribution in [0.15, 0.2) is 48.5 Å². The molecule has 0 bridgehead atoms. The lowest BCUT2D eigenvalue weighted by molar-refractivity contribution is 0.0469. The number of rotatable bonds is 3. The van der Waals surface area contributed by atoms with Gasteiger partial charge in [0, 0.05) is 0 Å². The molecule has 0 amide bonds. The van der Waals surface area contributed by atoms with Gasteiger partial charge in [0.2, 0.25) is 0 Å². The van der Waals surface area contributed by atoms with Crippen LogP contribution in [0.5, 0.6) is 5.75 Å². The molecule has 1 N–H and O–H groups in total. The molecule has 2 rings (SSSR count). The van der Waals surface area contributed by atoms with E-state index in [0.29, 0.717) is 0 Å². The van der Waals surface area contributed by atoms with E-state index in [0.717, 1.165) is 11.1 Å². The summed E-state index contributed by atoms with van der Waals surface area (Å²) in [5, 5.41) is 9.52. The summed E-state index contributed by atoms with van der Waals surface area (Å²) in [6.45, 7) is 2.18. The van der Waals surface area contributed by atoms with E-state index in [4.69, 9.17) is 4.74 Å². The lowest BCUT2D eigenvalue weighted by atomic mass is 10.1. The minimum atomic E-state index is -0.519. The van der Waals surface area contributed by atoms with Crippen LogP contribution >= 0.6 is 0 Å². The van der Waals surface area contributed by atoms with Gasteiger partial charge in [0.05, 0.1) is 0 Å². The lowest BCUT2D eigenvalue weighted by Gasteiger charge is -2.06. The molecule has 2 aromatic carbocycles. The zero-order chi connectivity index (χ0) is 13.0. The van der Waals surface area contributed by atoms with Gasteiger partial charge < -0.3 is 9.84 Å². The van der Waals surface area contributed by atoms with Crippen molar-refractivity contribution in [1.82, 2.24) is 0 Å². The summed E-state index contributed by atoms with van der Waals surface area (Å²) in [7, 11) is 0. The van der Waals surface area contributed by atoms with Crippen molar-refractivity contribution in [2.75, 3.05) is 0 Å². The molecular formula is C15H14O3. The van der Waals surface area contributed by atoms with E-state index in [1.807, 2.05) is 31.2 Å². The van der Waals surface area contributed by atoms with Crippen molar-refractivity contribution in [1.29, 1.82) is 0 Å². The number of ether oxygens (including phenoxy) is 1. The minimum Gasteiger partial charge on any atom is -0.507 e. The molecular weight excluding hydrogens is 228 g/mol. The Kier molecular flexibility index (Phi) is 3.63. The van der Waals surface area contributed by atoms with E-state index in [-0.39, 0.29) is 17.9 Å². The Hall–Kier alpha value is -2.29. The van der Waals surface area contributed by atoms with Crippen LogP contribution in [0.1, 0.15) is 21.5 Å². The molecule has 0 aliphatic carbocycles. The second-order valence-corrected chi connectivity index (χ2v) is 4.08. The number of carbonyl (C=O) groups excluding carboxylic acids is 1. The summed E-state index contributed by atoms with van der Waals surface area (Å²) in [4.78, 5) is 11.7. The molecule has 0 saturated carbocycles. The first-order chi connectivity index (χ1) is 8.66. The first-order valence-corrected chi connectivity index (χ1v) is 5.67. The summed E-state index contributed by atoms with van der Waals surface area (Å²) in [5.41, 5.74) is 2.23. The van der Waals surface area contributed by atoms with Crippen LogP contribution < -0.4 is 0 Å². The first-order valence-electron chi connectivity index (χ1n) is 5.67. The number of aryl methyl sites for hydroxylation is 1. The third-order valence-electron chi connectivity index (χ3n) is 2.58. The minimum absolute atomic E-state index is 0.0632. The van der Waals surface area contributed by atoms with Gasteiger partial charge in [-0.15, -0.1) is 0 Å². The Morgan fingerprint density at radius 1 is 1.17 bits per heavy atom. The molecule has 3 nitrogen and oxygen atoms in total. The normalized spacial score (nSPS) is 10.1. The van der Waals surface area contributed by atoms with E-state index in [9.17, 15) is 9.90 Å². The quantitative estimate of drug-likeness (QED) is 0.841. The van der Waals surface area contributed by atoms with E-state index in [1.54, 1.807) is 12.1 Å². The second-order valence-electron chi connectivity index (χ2n) is 4.08. The topological polar surface area (TPSA) is 46.5 Å². The van der Waals surface area contributed by atoms with Gasteiger partial charge in [0.25, 0.3) is 0 Å². The largest absolute Gasteiger partial charge is 0.507 e. The Morgan fingerprint density at radius 2 is 1.94 bits per heavy atom. The summed E-state index contributed by atoms with van der Waals surface area (Å²) in [6.07, 6.45) is 0. The van der Waals surface area contributed by atoms with Gasteiger partial charge >= 0.3 is 5.97 Å². The van der Waals surface area contributed by atoms with Gasteiger partial charge in [0.15, 0.2) is 0 Å². The monoisotopic (exact) mass is 242 g/mol. The number of phenols is 1. The standard InChI is InChI=1S/C15H14O3/c1-11-5-4-6-12(9-11)10-18-15(17)13-7-2-3-8-14(13)16/h2-9,16H,10H2,1H3. The maximum Gasteiger partial charge on any atom is 0.342 e. The molecule has 2 aromatic rings. The third-order valence-corrected chi connectivity index (χ3v) is 2.58. The fourth-order valence-corrected chi connectivity index (χ4v) is 1.67.